The molecule has 0 spiro atoms. The second-order valence-corrected chi connectivity index (χ2v) is 2.50. The van der Waals surface area contributed by atoms with Crippen LogP contribution in [-0.2, 0) is 6.54 Å². The van der Waals surface area contributed by atoms with Gasteiger partial charge < -0.3 is 0 Å². The lowest BCUT2D eigenvalue weighted by Crippen LogP contribution is -2.08. The number of hydrogen-bond donors (Lipinski definition) is 0. The Labute approximate surface area is 73.9 Å². The van der Waals surface area contributed by atoms with E-state index in [9.17, 15) is 13.2 Å². The lowest BCUT2D eigenvalue weighted by molar-refractivity contribution is -0.0537. The Morgan fingerprint density at radius 1 is 1.15 bits per heavy atom. The first-order chi connectivity index (χ1) is 6.08. The Morgan fingerprint density at radius 3 is 2.31 bits per heavy atom. The molecular weight excluding hydrogens is 179 g/mol. The van der Waals surface area contributed by atoms with Crippen molar-refractivity contribution < 1.29 is 13.2 Å². The molecule has 1 aromatic carbocycles. The minimum atomic E-state index is -4.31. The molecule has 70 valence electrons. The summed E-state index contributed by atoms with van der Waals surface area (Å²) in [5.41, 5.74) is 0.767. The van der Waals surface area contributed by atoms with Gasteiger partial charge in [0.05, 0.1) is 6.54 Å². The zero-order valence-electron chi connectivity index (χ0n) is 6.75. The van der Waals surface area contributed by atoms with Crippen molar-refractivity contribution in [2.24, 2.45) is 4.99 Å². The lowest BCUT2D eigenvalue weighted by Gasteiger charge is -1.97. The Hall–Kier alpha value is -1.32. The number of hydrogen-bond acceptors (Lipinski definition) is 1. The van der Waals surface area contributed by atoms with E-state index >= 15 is 0 Å². The maximum absolute atomic E-state index is 11.6. The number of aliphatic imine (C=N–C) groups is 1. The van der Waals surface area contributed by atoms with E-state index in [-0.39, 0.29) is 12.8 Å². The Balaban J connectivity index is 2.49. The standard InChI is InChI=1S/C9H8F3N/c10-9(11,12)7-13-6-8-4-2-1-3-5-8/h1-5,7H,6H2. The van der Waals surface area contributed by atoms with Crippen molar-refractivity contribution in [1.82, 2.24) is 0 Å². The SMILES string of the molecule is FC(F)(F)C=NCc1ccccc1. The molecule has 0 atom stereocenters. The van der Waals surface area contributed by atoms with Gasteiger partial charge in [-0.1, -0.05) is 30.3 Å². The molecule has 0 heterocycles. The van der Waals surface area contributed by atoms with Crippen LogP contribution in [0.2, 0.25) is 0 Å². The van der Waals surface area contributed by atoms with Crippen molar-refractivity contribution in [3.05, 3.63) is 35.9 Å². The van der Waals surface area contributed by atoms with Gasteiger partial charge >= 0.3 is 6.18 Å². The van der Waals surface area contributed by atoms with Gasteiger partial charge in [-0.25, -0.2) is 0 Å². The van der Waals surface area contributed by atoms with Crippen molar-refractivity contribution >= 4 is 6.21 Å². The largest absolute Gasteiger partial charge is 0.426 e. The van der Waals surface area contributed by atoms with E-state index in [2.05, 4.69) is 4.99 Å². The van der Waals surface area contributed by atoms with Crippen LogP contribution in [0.5, 0.6) is 0 Å². The second kappa shape index (κ2) is 4.07. The molecule has 0 aliphatic carbocycles. The van der Waals surface area contributed by atoms with Crippen molar-refractivity contribution in [3.8, 4) is 0 Å². The van der Waals surface area contributed by atoms with E-state index < -0.39 is 6.18 Å². The highest BCUT2D eigenvalue weighted by atomic mass is 19.4. The highest BCUT2D eigenvalue weighted by Crippen LogP contribution is 2.11. The molecule has 0 N–H and O–H groups in total. The van der Waals surface area contributed by atoms with E-state index in [4.69, 9.17) is 0 Å². The summed E-state index contributed by atoms with van der Waals surface area (Å²) in [6, 6.07) is 8.79. The first-order valence-electron chi connectivity index (χ1n) is 3.69. The molecule has 0 amide bonds. The third kappa shape index (κ3) is 4.30. The van der Waals surface area contributed by atoms with Gasteiger partial charge in [0.2, 0.25) is 0 Å². The van der Waals surface area contributed by atoms with Gasteiger partial charge in [-0.2, -0.15) is 13.2 Å². The van der Waals surface area contributed by atoms with E-state index in [1.807, 2.05) is 0 Å². The van der Waals surface area contributed by atoms with Crippen LogP contribution >= 0.6 is 0 Å². The van der Waals surface area contributed by atoms with Crippen LogP contribution in [-0.4, -0.2) is 12.4 Å². The molecule has 0 aromatic heterocycles. The van der Waals surface area contributed by atoms with Gasteiger partial charge in [0.25, 0.3) is 0 Å². The molecule has 4 heteroatoms. The fourth-order valence-corrected chi connectivity index (χ4v) is 0.838. The van der Waals surface area contributed by atoms with E-state index in [0.29, 0.717) is 0 Å². The average molecular weight is 187 g/mol. The van der Waals surface area contributed by atoms with Gasteiger partial charge in [0.15, 0.2) is 0 Å². The van der Waals surface area contributed by atoms with Crippen LogP contribution in [0.4, 0.5) is 13.2 Å². The van der Waals surface area contributed by atoms with Crippen molar-refractivity contribution in [2.45, 2.75) is 12.7 Å². The maximum atomic E-state index is 11.6. The molecule has 1 nitrogen and oxygen atoms in total. The molecule has 0 aliphatic heterocycles. The molecule has 0 fully saturated rings. The topological polar surface area (TPSA) is 12.4 Å². The molecule has 0 bridgehead atoms. The molecule has 1 rings (SSSR count). The first-order valence-corrected chi connectivity index (χ1v) is 3.69. The average Bonchev–Trinajstić information content (AvgIpc) is 2.04. The Morgan fingerprint density at radius 2 is 1.77 bits per heavy atom. The number of benzene rings is 1. The van der Waals surface area contributed by atoms with E-state index in [1.165, 1.54) is 0 Å². The third-order valence-electron chi connectivity index (χ3n) is 1.35. The predicted molar refractivity (Wildman–Crippen MR) is 44.7 cm³/mol. The summed E-state index contributed by atoms with van der Waals surface area (Å²) in [4.78, 5) is 3.26. The molecule has 13 heavy (non-hydrogen) atoms. The number of rotatable bonds is 2. The summed E-state index contributed by atoms with van der Waals surface area (Å²) in [6.45, 7) is 0.0698. The zero-order chi connectivity index (χ0) is 9.73. The zero-order valence-corrected chi connectivity index (χ0v) is 6.75. The summed E-state index contributed by atoms with van der Waals surface area (Å²) in [5, 5.41) is 0. The minimum absolute atomic E-state index is 0.0139. The van der Waals surface area contributed by atoms with Crippen LogP contribution < -0.4 is 0 Å². The number of alkyl halides is 3. The van der Waals surface area contributed by atoms with Gasteiger partial charge in [-0.3, -0.25) is 4.99 Å². The lowest BCUT2D eigenvalue weighted by atomic mass is 10.2. The summed E-state index contributed by atoms with van der Waals surface area (Å²) in [5.74, 6) is 0. The number of halogens is 3. The van der Waals surface area contributed by atoms with E-state index in [1.54, 1.807) is 30.3 Å². The molecular formula is C9H8F3N. The monoisotopic (exact) mass is 187 g/mol. The summed E-state index contributed by atoms with van der Waals surface area (Å²) < 4.78 is 34.8. The molecule has 0 aliphatic rings. The number of nitrogens with zero attached hydrogens (tertiary/aromatic N) is 1. The van der Waals surface area contributed by atoms with Crippen molar-refractivity contribution in [3.63, 3.8) is 0 Å². The smallest absolute Gasteiger partial charge is 0.283 e. The Kier molecular flexibility index (Phi) is 3.06. The maximum Gasteiger partial charge on any atom is 0.426 e. The van der Waals surface area contributed by atoms with Crippen LogP contribution in [0.25, 0.3) is 0 Å². The molecule has 0 radical (unpaired) electrons. The molecule has 0 saturated heterocycles. The Bertz CT molecular complexity index is 277. The highest BCUT2D eigenvalue weighted by molar-refractivity contribution is 5.63. The van der Waals surface area contributed by atoms with Crippen molar-refractivity contribution in [1.29, 1.82) is 0 Å². The van der Waals surface area contributed by atoms with E-state index in [0.717, 1.165) is 5.56 Å². The van der Waals surface area contributed by atoms with Gasteiger partial charge in [-0.05, 0) is 5.56 Å². The summed E-state index contributed by atoms with van der Waals surface area (Å²) in [6.07, 6.45) is -4.30. The fraction of sp³-hybridized carbons (Fsp3) is 0.222. The minimum Gasteiger partial charge on any atom is -0.283 e. The molecule has 0 unspecified atom stereocenters. The van der Waals surface area contributed by atoms with Gasteiger partial charge in [-0.15, -0.1) is 0 Å². The van der Waals surface area contributed by atoms with Crippen LogP contribution in [0, 0.1) is 0 Å². The quantitative estimate of drug-likeness (QED) is 0.631. The predicted octanol–water partition coefficient (Wildman–Crippen LogP) is 2.82. The first kappa shape index (κ1) is 9.77. The van der Waals surface area contributed by atoms with Crippen molar-refractivity contribution in [2.75, 3.05) is 0 Å². The van der Waals surface area contributed by atoms with Gasteiger partial charge in [0.1, 0.15) is 6.21 Å². The summed E-state index contributed by atoms with van der Waals surface area (Å²) >= 11 is 0. The summed E-state index contributed by atoms with van der Waals surface area (Å²) in [7, 11) is 0. The van der Waals surface area contributed by atoms with Crippen LogP contribution in [0.1, 0.15) is 5.56 Å². The highest BCUT2D eigenvalue weighted by Gasteiger charge is 2.23. The van der Waals surface area contributed by atoms with Crippen LogP contribution in [0.15, 0.2) is 35.3 Å². The second-order valence-electron chi connectivity index (χ2n) is 2.50. The van der Waals surface area contributed by atoms with Gasteiger partial charge in [0, 0.05) is 0 Å². The normalized spacial score (nSPS) is 12.2. The molecule has 0 saturated carbocycles. The third-order valence-corrected chi connectivity index (χ3v) is 1.35. The van der Waals surface area contributed by atoms with Crippen LogP contribution in [0.3, 0.4) is 0 Å². The fourth-order valence-electron chi connectivity index (χ4n) is 0.838. The molecule has 1 aromatic rings.